The molecule has 3 aromatic rings. The Bertz CT molecular complexity index is 981. The van der Waals surface area contributed by atoms with Crippen LogP contribution >= 0.6 is 0 Å². The second kappa shape index (κ2) is 6.86. The molecule has 0 bridgehead atoms. The van der Waals surface area contributed by atoms with Gasteiger partial charge in [-0.1, -0.05) is 29.5 Å². The average Bonchev–Trinajstić information content (AvgIpc) is 2.98. The van der Waals surface area contributed by atoms with E-state index in [9.17, 15) is 10.1 Å². The minimum atomic E-state index is -0.0533. The molecule has 0 aliphatic rings. The maximum atomic E-state index is 10.9. The van der Waals surface area contributed by atoms with Crippen LogP contribution in [0.1, 0.15) is 40.2 Å². The number of carbonyl (C=O) groups is 1. The molecule has 0 aliphatic carbocycles. The highest BCUT2D eigenvalue weighted by molar-refractivity contribution is 5.79. The normalized spacial score (nSPS) is 12.1. The summed E-state index contributed by atoms with van der Waals surface area (Å²) in [6.45, 7) is 4.02. The first-order valence-corrected chi connectivity index (χ1v) is 8.25. The Morgan fingerprint density at radius 1 is 1.28 bits per heavy atom. The maximum Gasteiger partial charge on any atom is 0.124 e. The largest absolute Gasteiger partial charge is 0.303 e. The maximum absolute atomic E-state index is 10.9. The van der Waals surface area contributed by atoms with E-state index in [1.807, 2.05) is 45.2 Å². The van der Waals surface area contributed by atoms with Gasteiger partial charge in [-0.05, 0) is 47.7 Å². The number of benzene rings is 2. The predicted molar refractivity (Wildman–Crippen MR) is 96.3 cm³/mol. The highest BCUT2D eigenvalue weighted by atomic mass is 16.1. The molecule has 0 spiro atoms. The SMILES string of the molecule is Cc1ccc(C(CC#N)c2ccc3c(nnn3C)c2C)cc1CC=O. The van der Waals surface area contributed by atoms with Gasteiger partial charge in [-0.15, -0.1) is 5.10 Å². The first-order valence-electron chi connectivity index (χ1n) is 8.25. The minimum absolute atomic E-state index is 0.0533. The smallest absolute Gasteiger partial charge is 0.124 e. The molecule has 1 heterocycles. The molecule has 0 fully saturated rings. The third-order valence-corrected chi connectivity index (χ3v) is 4.83. The van der Waals surface area contributed by atoms with Gasteiger partial charge in [0.2, 0.25) is 0 Å². The zero-order chi connectivity index (χ0) is 18.0. The number of fused-ring (bicyclic) bond motifs is 1. The summed E-state index contributed by atoms with van der Waals surface area (Å²) in [6, 6.07) is 12.5. The number of aldehydes is 1. The summed E-state index contributed by atoms with van der Waals surface area (Å²) in [4.78, 5) is 10.9. The van der Waals surface area contributed by atoms with Crippen molar-refractivity contribution in [1.29, 1.82) is 5.26 Å². The molecular weight excluding hydrogens is 312 g/mol. The molecule has 1 atom stereocenters. The van der Waals surface area contributed by atoms with Gasteiger partial charge >= 0.3 is 0 Å². The number of hydrogen-bond acceptors (Lipinski definition) is 4. The Hall–Kier alpha value is -3.00. The highest BCUT2D eigenvalue weighted by Crippen LogP contribution is 2.33. The molecule has 2 aromatic carbocycles. The Balaban J connectivity index is 2.14. The van der Waals surface area contributed by atoms with E-state index in [1.165, 1.54) is 0 Å². The van der Waals surface area contributed by atoms with E-state index in [0.717, 1.165) is 45.1 Å². The van der Waals surface area contributed by atoms with Crippen LogP contribution in [0.25, 0.3) is 11.0 Å². The molecule has 0 N–H and O–H groups in total. The van der Waals surface area contributed by atoms with Crippen molar-refractivity contribution in [2.75, 3.05) is 0 Å². The van der Waals surface area contributed by atoms with Crippen LogP contribution < -0.4 is 0 Å². The summed E-state index contributed by atoms with van der Waals surface area (Å²) in [5.41, 5.74) is 7.11. The molecule has 0 saturated heterocycles. The van der Waals surface area contributed by atoms with Crippen molar-refractivity contribution in [3.05, 3.63) is 58.1 Å². The second-order valence-electron chi connectivity index (χ2n) is 6.33. The average molecular weight is 332 g/mol. The fraction of sp³-hybridized carbons (Fsp3) is 0.300. The summed E-state index contributed by atoms with van der Waals surface area (Å²) in [5, 5.41) is 17.7. The lowest BCUT2D eigenvalue weighted by Crippen LogP contribution is -2.05. The minimum Gasteiger partial charge on any atom is -0.303 e. The summed E-state index contributed by atoms with van der Waals surface area (Å²) in [7, 11) is 1.87. The van der Waals surface area contributed by atoms with Crippen LogP contribution in [0.4, 0.5) is 0 Å². The molecule has 1 aromatic heterocycles. The Kier molecular flexibility index (Phi) is 4.62. The van der Waals surface area contributed by atoms with E-state index in [1.54, 1.807) is 4.68 Å². The Morgan fingerprint density at radius 2 is 2.08 bits per heavy atom. The van der Waals surface area contributed by atoms with Crippen LogP contribution in [-0.4, -0.2) is 21.3 Å². The van der Waals surface area contributed by atoms with Gasteiger partial charge in [0.25, 0.3) is 0 Å². The summed E-state index contributed by atoms with van der Waals surface area (Å²) >= 11 is 0. The molecule has 25 heavy (non-hydrogen) atoms. The number of aromatic nitrogens is 3. The molecule has 126 valence electrons. The van der Waals surface area contributed by atoms with Crippen molar-refractivity contribution in [2.45, 2.75) is 32.6 Å². The summed E-state index contributed by atoms with van der Waals surface area (Å²) in [5.74, 6) is -0.0533. The van der Waals surface area contributed by atoms with Crippen molar-refractivity contribution in [1.82, 2.24) is 15.0 Å². The van der Waals surface area contributed by atoms with Gasteiger partial charge in [0.1, 0.15) is 11.8 Å². The number of nitriles is 1. The van der Waals surface area contributed by atoms with E-state index in [4.69, 9.17) is 0 Å². The fourth-order valence-electron chi connectivity index (χ4n) is 3.34. The van der Waals surface area contributed by atoms with E-state index >= 15 is 0 Å². The molecule has 0 radical (unpaired) electrons. The Morgan fingerprint density at radius 3 is 2.80 bits per heavy atom. The van der Waals surface area contributed by atoms with Gasteiger partial charge < -0.3 is 4.79 Å². The van der Waals surface area contributed by atoms with Crippen LogP contribution in [0.5, 0.6) is 0 Å². The number of hydrogen-bond donors (Lipinski definition) is 0. The number of nitrogens with zero attached hydrogens (tertiary/aromatic N) is 4. The van der Waals surface area contributed by atoms with Crippen molar-refractivity contribution >= 4 is 17.3 Å². The Labute approximate surface area is 146 Å². The van der Waals surface area contributed by atoms with Crippen molar-refractivity contribution in [2.24, 2.45) is 7.05 Å². The van der Waals surface area contributed by atoms with Gasteiger partial charge in [0.05, 0.1) is 11.6 Å². The molecular formula is C20H20N4O. The van der Waals surface area contributed by atoms with Crippen LogP contribution in [0.2, 0.25) is 0 Å². The predicted octanol–water partition coefficient (Wildman–Crippen LogP) is 3.37. The lowest BCUT2D eigenvalue weighted by molar-refractivity contribution is -0.107. The van der Waals surface area contributed by atoms with Gasteiger partial charge in [-0.25, -0.2) is 4.68 Å². The van der Waals surface area contributed by atoms with Crippen LogP contribution in [0, 0.1) is 25.2 Å². The number of carbonyl (C=O) groups excluding carboxylic acids is 1. The summed E-state index contributed by atoms with van der Waals surface area (Å²) < 4.78 is 1.75. The second-order valence-corrected chi connectivity index (χ2v) is 6.33. The first kappa shape index (κ1) is 16.8. The molecule has 3 rings (SSSR count). The van der Waals surface area contributed by atoms with Crippen LogP contribution in [-0.2, 0) is 18.3 Å². The van der Waals surface area contributed by atoms with Gasteiger partial charge in [-0.3, -0.25) is 0 Å². The van der Waals surface area contributed by atoms with Crippen molar-refractivity contribution in [3.8, 4) is 6.07 Å². The zero-order valence-corrected chi connectivity index (χ0v) is 14.7. The standard InChI is InChI=1S/C20H20N4O/c1-13-4-5-16(12-15(13)9-11-25)18(8-10-21)17-6-7-19-20(14(17)2)22-23-24(19)3/h4-7,11-12,18H,8-9H2,1-3H3. The summed E-state index contributed by atoms with van der Waals surface area (Å²) in [6.07, 6.45) is 1.68. The lowest BCUT2D eigenvalue weighted by Gasteiger charge is -2.19. The molecule has 0 saturated carbocycles. The number of aryl methyl sites for hydroxylation is 3. The molecule has 0 aliphatic heterocycles. The van der Waals surface area contributed by atoms with Gasteiger partial charge in [0, 0.05) is 25.8 Å². The van der Waals surface area contributed by atoms with Crippen molar-refractivity contribution < 1.29 is 4.79 Å². The van der Waals surface area contributed by atoms with Crippen LogP contribution in [0.15, 0.2) is 30.3 Å². The quantitative estimate of drug-likeness (QED) is 0.672. The third kappa shape index (κ3) is 3.03. The fourth-order valence-corrected chi connectivity index (χ4v) is 3.34. The third-order valence-electron chi connectivity index (χ3n) is 4.83. The van der Waals surface area contributed by atoms with E-state index in [0.29, 0.717) is 12.8 Å². The topological polar surface area (TPSA) is 71.6 Å². The van der Waals surface area contributed by atoms with Crippen LogP contribution in [0.3, 0.4) is 0 Å². The van der Waals surface area contributed by atoms with Gasteiger partial charge in [0.15, 0.2) is 0 Å². The monoisotopic (exact) mass is 332 g/mol. The van der Waals surface area contributed by atoms with Gasteiger partial charge in [-0.2, -0.15) is 5.26 Å². The lowest BCUT2D eigenvalue weighted by atomic mass is 9.84. The van der Waals surface area contributed by atoms with E-state index in [2.05, 4.69) is 22.4 Å². The number of rotatable bonds is 5. The zero-order valence-electron chi connectivity index (χ0n) is 14.7. The molecule has 1 unspecified atom stereocenters. The van der Waals surface area contributed by atoms with E-state index in [-0.39, 0.29) is 5.92 Å². The molecule has 5 nitrogen and oxygen atoms in total. The van der Waals surface area contributed by atoms with Crippen molar-refractivity contribution in [3.63, 3.8) is 0 Å². The first-order chi connectivity index (χ1) is 12.1. The molecule has 0 amide bonds. The highest BCUT2D eigenvalue weighted by Gasteiger charge is 2.20. The molecule has 5 heteroatoms. The van der Waals surface area contributed by atoms with E-state index < -0.39 is 0 Å².